The summed E-state index contributed by atoms with van der Waals surface area (Å²) in [7, 11) is 0. The second kappa shape index (κ2) is 3.75. The maximum absolute atomic E-state index is 11.6. The first-order valence-electron chi connectivity index (χ1n) is 4.52. The number of carbonyl (C=O) groups is 2. The van der Waals surface area contributed by atoms with Crippen LogP contribution < -0.4 is 0 Å². The number of carboxylic acids is 1. The Morgan fingerprint density at radius 2 is 2.44 bits per heavy atom. The molecule has 0 spiro atoms. The Morgan fingerprint density at radius 1 is 1.75 bits per heavy atom. The van der Waals surface area contributed by atoms with Gasteiger partial charge in [0.2, 0.25) is 0 Å². The van der Waals surface area contributed by atoms with Gasteiger partial charge in [-0.15, -0.1) is 11.8 Å². The Hall–Kier alpha value is -1.63. The fourth-order valence-corrected chi connectivity index (χ4v) is 3.09. The van der Waals surface area contributed by atoms with E-state index in [4.69, 9.17) is 10.6 Å². The van der Waals surface area contributed by atoms with Crippen LogP contribution in [-0.2, 0) is 9.59 Å². The van der Waals surface area contributed by atoms with Gasteiger partial charge in [-0.25, -0.2) is 10.3 Å². The van der Waals surface area contributed by atoms with Crippen molar-refractivity contribution in [2.24, 2.45) is 5.11 Å². The molecule has 1 saturated heterocycles. The van der Waals surface area contributed by atoms with Crippen LogP contribution in [0.4, 0.5) is 0 Å². The summed E-state index contributed by atoms with van der Waals surface area (Å²) in [6.45, 7) is 3.53. The van der Waals surface area contributed by atoms with Crippen LogP contribution in [0.25, 0.3) is 0 Å². The van der Waals surface area contributed by atoms with E-state index in [1.807, 2.05) is 0 Å². The van der Waals surface area contributed by atoms with Crippen LogP contribution in [0.3, 0.4) is 0 Å². The number of hydrogen-bond acceptors (Lipinski definition) is 5. The average molecular weight is 239 g/mol. The minimum atomic E-state index is -1.14. The third kappa shape index (κ3) is 1.28. The number of β-lactam (4-membered cyclic amide) rings is 1. The van der Waals surface area contributed by atoms with Gasteiger partial charge in [0.25, 0.3) is 5.91 Å². The van der Waals surface area contributed by atoms with Gasteiger partial charge in [-0.2, -0.15) is 5.11 Å². The smallest absolute Gasteiger partial charge is 0.352 e. The first-order chi connectivity index (χ1) is 7.61. The van der Waals surface area contributed by atoms with Crippen molar-refractivity contribution in [1.82, 2.24) is 4.90 Å². The molecule has 0 radical (unpaired) electrons. The molecule has 6 nitrogen and oxygen atoms in total. The van der Waals surface area contributed by atoms with Crippen molar-refractivity contribution in [3.05, 3.63) is 23.9 Å². The Kier molecular flexibility index (Phi) is 2.55. The number of fused-ring (bicyclic) bond motifs is 1. The fraction of sp³-hybridized carbons (Fsp3) is 0.333. The number of hydrogen-bond donors (Lipinski definition) is 2. The van der Waals surface area contributed by atoms with Crippen LogP contribution in [0.15, 0.2) is 29.0 Å². The monoisotopic (exact) mass is 239 g/mol. The molecule has 84 valence electrons. The van der Waals surface area contributed by atoms with E-state index in [1.165, 1.54) is 22.7 Å². The van der Waals surface area contributed by atoms with E-state index in [2.05, 4.69) is 11.7 Å². The highest BCUT2D eigenvalue weighted by Crippen LogP contribution is 2.41. The van der Waals surface area contributed by atoms with Gasteiger partial charge in [-0.1, -0.05) is 12.7 Å². The zero-order valence-corrected chi connectivity index (χ0v) is 9.03. The molecule has 0 aromatic rings. The normalized spacial score (nSPS) is 28.2. The third-order valence-electron chi connectivity index (χ3n) is 2.56. The molecule has 2 N–H and O–H groups in total. The lowest BCUT2D eigenvalue weighted by atomic mass is 10.0. The van der Waals surface area contributed by atoms with Crippen molar-refractivity contribution in [3.8, 4) is 0 Å². The molecule has 1 fully saturated rings. The molecule has 2 aliphatic heterocycles. The van der Waals surface area contributed by atoms with Crippen LogP contribution in [0.1, 0.15) is 0 Å². The van der Waals surface area contributed by atoms with E-state index in [-0.39, 0.29) is 11.1 Å². The second-order valence-electron chi connectivity index (χ2n) is 3.37. The van der Waals surface area contributed by atoms with Gasteiger partial charge in [0.1, 0.15) is 11.1 Å². The van der Waals surface area contributed by atoms with Crippen LogP contribution in [0.5, 0.6) is 0 Å². The Morgan fingerprint density at radius 3 is 2.94 bits per heavy atom. The first kappa shape index (κ1) is 10.9. The van der Waals surface area contributed by atoms with Gasteiger partial charge in [-0.3, -0.25) is 9.69 Å². The molecular formula is C9H9N3O3S. The van der Waals surface area contributed by atoms with Crippen LogP contribution in [0, 0.1) is 5.53 Å². The molecule has 0 aliphatic carbocycles. The number of nitrogens with zero attached hydrogens (tertiary/aromatic N) is 2. The lowest BCUT2D eigenvalue weighted by Crippen LogP contribution is -2.63. The molecule has 2 unspecified atom stereocenters. The minimum absolute atomic E-state index is 0.0244. The number of rotatable bonds is 3. The molecule has 0 bridgehead atoms. The highest BCUT2D eigenvalue weighted by atomic mass is 32.2. The maximum Gasteiger partial charge on any atom is 0.352 e. The lowest BCUT2D eigenvalue weighted by molar-refractivity contribution is -0.148. The summed E-state index contributed by atoms with van der Waals surface area (Å²) < 4.78 is 0. The highest BCUT2D eigenvalue weighted by molar-refractivity contribution is 8.00. The van der Waals surface area contributed by atoms with Crippen molar-refractivity contribution >= 4 is 23.6 Å². The lowest BCUT2D eigenvalue weighted by Gasteiger charge is -2.46. The van der Waals surface area contributed by atoms with Crippen molar-refractivity contribution < 1.29 is 14.7 Å². The molecule has 1 amide bonds. The fourth-order valence-electron chi connectivity index (χ4n) is 1.77. The van der Waals surface area contributed by atoms with E-state index < -0.39 is 17.9 Å². The summed E-state index contributed by atoms with van der Waals surface area (Å²) in [5, 5.41) is 11.9. The highest BCUT2D eigenvalue weighted by Gasteiger charge is 2.53. The topological polar surface area (TPSA) is 93.8 Å². The zero-order chi connectivity index (χ0) is 11.9. The van der Waals surface area contributed by atoms with E-state index in [0.717, 1.165) is 0 Å². The maximum atomic E-state index is 11.6. The molecule has 7 heteroatoms. The van der Waals surface area contributed by atoms with Crippen LogP contribution >= 0.6 is 11.8 Å². The second-order valence-corrected chi connectivity index (χ2v) is 4.47. The Balaban J connectivity index is 2.41. The summed E-state index contributed by atoms with van der Waals surface area (Å²) in [4.78, 5) is 23.8. The average Bonchev–Trinajstić information content (AvgIpc) is 2.27. The van der Waals surface area contributed by atoms with E-state index in [1.54, 1.807) is 0 Å². The predicted molar refractivity (Wildman–Crippen MR) is 56.9 cm³/mol. The number of allylic oxidation sites excluding steroid dienone is 1. The van der Waals surface area contributed by atoms with Gasteiger partial charge in [0.05, 0.1) is 0 Å². The van der Waals surface area contributed by atoms with Crippen molar-refractivity contribution in [1.29, 1.82) is 5.53 Å². The van der Waals surface area contributed by atoms with Crippen molar-refractivity contribution in [2.75, 3.05) is 5.75 Å². The third-order valence-corrected chi connectivity index (χ3v) is 3.85. The van der Waals surface area contributed by atoms with Gasteiger partial charge >= 0.3 is 5.97 Å². The summed E-state index contributed by atoms with van der Waals surface area (Å²) in [6.07, 6.45) is 1.45. The number of aliphatic carboxylic acids is 1. The van der Waals surface area contributed by atoms with E-state index in [0.29, 0.717) is 11.3 Å². The number of carbonyl (C=O) groups excluding carboxylic acids is 1. The SMILES string of the molecule is C=CC1=C(C(=O)O)N2C(=O)C(N=N)C2SC1. The molecule has 16 heavy (non-hydrogen) atoms. The summed E-state index contributed by atoms with van der Waals surface area (Å²) in [5.74, 6) is -1.09. The molecule has 0 aromatic carbocycles. The summed E-state index contributed by atoms with van der Waals surface area (Å²) in [6, 6.07) is -0.731. The molecule has 0 aromatic heterocycles. The Bertz CT molecular complexity index is 432. The Labute approximate surface area is 95.5 Å². The molecular weight excluding hydrogens is 230 g/mol. The number of thioether (sulfide) groups is 1. The van der Waals surface area contributed by atoms with Gasteiger partial charge in [0, 0.05) is 5.75 Å². The quantitative estimate of drug-likeness (QED) is 0.563. The van der Waals surface area contributed by atoms with Gasteiger partial charge < -0.3 is 5.11 Å². The zero-order valence-electron chi connectivity index (χ0n) is 8.21. The number of nitrogens with one attached hydrogen (secondary N) is 1. The van der Waals surface area contributed by atoms with Crippen molar-refractivity contribution in [2.45, 2.75) is 11.4 Å². The molecule has 2 aliphatic rings. The number of amides is 1. The van der Waals surface area contributed by atoms with E-state index >= 15 is 0 Å². The first-order valence-corrected chi connectivity index (χ1v) is 5.56. The number of carboxylic acid groups (broad SMARTS) is 1. The van der Waals surface area contributed by atoms with Crippen LogP contribution in [-0.4, -0.2) is 39.1 Å². The standard InChI is InChI=1S/C9H9N3O3S/c1-2-4-3-16-8-5(11-10)7(13)12(8)6(4)9(14)15/h2,5,8,10H,1,3H2,(H,14,15). The predicted octanol–water partition coefficient (Wildman–Crippen LogP) is 0.826. The van der Waals surface area contributed by atoms with E-state index in [9.17, 15) is 9.59 Å². The summed E-state index contributed by atoms with van der Waals surface area (Å²) in [5.41, 5.74) is 7.37. The molecule has 0 saturated carbocycles. The molecule has 2 atom stereocenters. The van der Waals surface area contributed by atoms with Gasteiger partial charge in [0.15, 0.2) is 6.04 Å². The van der Waals surface area contributed by atoms with Crippen LogP contribution in [0.2, 0.25) is 0 Å². The molecule has 2 rings (SSSR count). The van der Waals surface area contributed by atoms with Crippen molar-refractivity contribution in [3.63, 3.8) is 0 Å². The largest absolute Gasteiger partial charge is 0.477 e. The summed E-state index contributed by atoms with van der Waals surface area (Å²) >= 11 is 1.40. The molecule has 2 heterocycles. The van der Waals surface area contributed by atoms with Gasteiger partial charge in [-0.05, 0) is 5.57 Å². The minimum Gasteiger partial charge on any atom is -0.477 e.